The van der Waals surface area contributed by atoms with Crippen molar-refractivity contribution in [1.82, 2.24) is 9.97 Å². The molecule has 1 atom stereocenters. The number of aromatic nitrogens is 2. The van der Waals surface area contributed by atoms with E-state index in [0.29, 0.717) is 11.3 Å². The molecular formula is C17H15ClF4N2O2. The number of carbonyl (C=O) groups is 1. The van der Waals surface area contributed by atoms with Gasteiger partial charge in [0.05, 0.1) is 6.20 Å². The molecule has 0 aliphatic carbocycles. The van der Waals surface area contributed by atoms with Crippen LogP contribution in [0, 0.1) is 5.82 Å². The van der Waals surface area contributed by atoms with Crippen molar-refractivity contribution in [3.8, 4) is 5.75 Å². The van der Waals surface area contributed by atoms with Gasteiger partial charge in [-0.05, 0) is 23.8 Å². The Morgan fingerprint density at radius 2 is 2.00 bits per heavy atom. The molecule has 0 aliphatic rings. The Labute approximate surface area is 152 Å². The van der Waals surface area contributed by atoms with Gasteiger partial charge in [-0.3, -0.25) is 9.78 Å². The summed E-state index contributed by atoms with van der Waals surface area (Å²) in [4.78, 5) is 19.8. The number of alkyl halides is 3. The summed E-state index contributed by atoms with van der Waals surface area (Å²) in [7, 11) is 0. The zero-order valence-corrected chi connectivity index (χ0v) is 14.4. The molecule has 0 bridgehead atoms. The predicted molar refractivity (Wildman–Crippen MR) is 86.7 cm³/mol. The molecule has 26 heavy (non-hydrogen) atoms. The summed E-state index contributed by atoms with van der Waals surface area (Å²) in [5.74, 6) is -1.11. The second kappa shape index (κ2) is 8.44. The van der Waals surface area contributed by atoms with Gasteiger partial charge in [0, 0.05) is 30.7 Å². The highest BCUT2D eigenvalue weighted by molar-refractivity contribution is 6.29. The van der Waals surface area contributed by atoms with Gasteiger partial charge in [0.15, 0.2) is 17.6 Å². The molecule has 4 nitrogen and oxygen atoms in total. The molecule has 2 heterocycles. The minimum atomic E-state index is -4.42. The zero-order valence-electron chi connectivity index (χ0n) is 13.7. The number of hydrogen-bond acceptors (Lipinski definition) is 4. The number of ether oxygens (including phenoxy) is 1. The Morgan fingerprint density at radius 1 is 1.27 bits per heavy atom. The van der Waals surface area contributed by atoms with E-state index in [4.69, 9.17) is 11.6 Å². The second-order valence-corrected chi connectivity index (χ2v) is 6.12. The largest absolute Gasteiger partial charge is 0.483 e. The fourth-order valence-corrected chi connectivity index (χ4v) is 2.34. The summed E-state index contributed by atoms with van der Waals surface area (Å²) in [6, 6.07) is 4.03. The summed E-state index contributed by atoms with van der Waals surface area (Å²) in [5, 5.41) is -0.258. The van der Waals surface area contributed by atoms with Crippen LogP contribution in [0.5, 0.6) is 5.75 Å². The number of ketones is 1. The van der Waals surface area contributed by atoms with Gasteiger partial charge in [0.25, 0.3) is 0 Å². The molecule has 2 aromatic rings. The average Bonchev–Trinajstić information content (AvgIpc) is 2.56. The fourth-order valence-electron chi connectivity index (χ4n) is 2.24. The van der Waals surface area contributed by atoms with Crippen LogP contribution in [0.3, 0.4) is 0 Å². The Balaban J connectivity index is 1.90. The van der Waals surface area contributed by atoms with Crippen molar-refractivity contribution in [2.75, 3.05) is 6.61 Å². The Hall–Kier alpha value is -2.22. The first-order valence-electron chi connectivity index (χ1n) is 7.61. The van der Waals surface area contributed by atoms with Gasteiger partial charge in [-0.1, -0.05) is 18.5 Å². The molecule has 0 aromatic carbocycles. The highest BCUT2D eigenvalue weighted by Crippen LogP contribution is 2.22. The normalized spacial score (nSPS) is 12.7. The van der Waals surface area contributed by atoms with E-state index in [-0.39, 0.29) is 35.4 Å². The van der Waals surface area contributed by atoms with E-state index < -0.39 is 18.6 Å². The third-order valence-electron chi connectivity index (χ3n) is 3.45. The van der Waals surface area contributed by atoms with E-state index in [1.54, 1.807) is 6.92 Å². The minimum absolute atomic E-state index is 0.00178. The first-order chi connectivity index (χ1) is 12.1. The van der Waals surface area contributed by atoms with Crippen LogP contribution >= 0.6 is 11.6 Å². The minimum Gasteiger partial charge on any atom is -0.483 e. The van der Waals surface area contributed by atoms with Crippen molar-refractivity contribution in [3.05, 3.63) is 52.8 Å². The highest BCUT2D eigenvalue weighted by Gasteiger charge is 2.28. The van der Waals surface area contributed by atoms with Crippen LogP contribution in [-0.4, -0.2) is 28.5 Å². The van der Waals surface area contributed by atoms with Crippen LogP contribution < -0.4 is 4.74 Å². The number of Topliss-reactive ketones (excluding diaryl/α,β-unsaturated/α-hetero) is 1. The van der Waals surface area contributed by atoms with Crippen LogP contribution in [0.15, 0.2) is 30.6 Å². The molecule has 140 valence electrons. The Kier molecular flexibility index (Phi) is 6.52. The summed E-state index contributed by atoms with van der Waals surface area (Å²) in [6.07, 6.45) is -1.77. The van der Waals surface area contributed by atoms with Gasteiger partial charge in [-0.25, -0.2) is 9.37 Å². The van der Waals surface area contributed by atoms with Crippen LogP contribution in [0.2, 0.25) is 5.15 Å². The summed E-state index contributed by atoms with van der Waals surface area (Å²) >= 11 is 5.49. The number of rotatable bonds is 7. The van der Waals surface area contributed by atoms with Crippen LogP contribution in [0.1, 0.15) is 30.5 Å². The third-order valence-corrected chi connectivity index (χ3v) is 3.73. The average molecular weight is 391 g/mol. The molecule has 9 heteroatoms. The van der Waals surface area contributed by atoms with Crippen LogP contribution in [0.25, 0.3) is 0 Å². The zero-order chi connectivity index (χ0) is 19.3. The van der Waals surface area contributed by atoms with Crippen molar-refractivity contribution < 1.29 is 27.1 Å². The quantitative estimate of drug-likeness (QED) is 0.515. The topological polar surface area (TPSA) is 52.1 Å². The van der Waals surface area contributed by atoms with Crippen molar-refractivity contribution in [2.45, 2.75) is 31.9 Å². The first kappa shape index (κ1) is 20.1. The Bertz CT molecular complexity index is 766. The fraction of sp³-hybridized carbons (Fsp3) is 0.353. The lowest BCUT2D eigenvalue weighted by Crippen LogP contribution is -2.19. The molecule has 0 N–H and O–H groups in total. The summed E-state index contributed by atoms with van der Waals surface area (Å²) < 4.78 is 54.2. The molecule has 2 rings (SSSR count). The molecule has 2 aromatic heterocycles. The maximum absolute atomic E-state index is 13.3. The van der Waals surface area contributed by atoms with Gasteiger partial charge >= 0.3 is 6.18 Å². The van der Waals surface area contributed by atoms with Gasteiger partial charge in [-0.15, -0.1) is 0 Å². The van der Waals surface area contributed by atoms with Crippen molar-refractivity contribution >= 4 is 17.4 Å². The predicted octanol–water partition coefficient (Wildman–Crippen LogP) is 4.52. The molecule has 0 spiro atoms. The lowest BCUT2D eigenvalue weighted by Gasteiger charge is -2.12. The van der Waals surface area contributed by atoms with Crippen molar-refractivity contribution in [1.29, 1.82) is 0 Å². The molecule has 0 aliphatic heterocycles. The summed E-state index contributed by atoms with van der Waals surface area (Å²) in [6.45, 7) is 0.366. The lowest BCUT2D eigenvalue weighted by molar-refractivity contribution is -0.153. The maximum Gasteiger partial charge on any atom is 0.422 e. The molecule has 0 amide bonds. The second-order valence-electron chi connectivity index (χ2n) is 5.76. The maximum atomic E-state index is 13.3. The van der Waals surface area contributed by atoms with E-state index in [1.165, 1.54) is 24.5 Å². The van der Waals surface area contributed by atoms with E-state index in [9.17, 15) is 22.4 Å². The third kappa shape index (κ3) is 6.25. The van der Waals surface area contributed by atoms with E-state index in [2.05, 4.69) is 14.7 Å². The number of hydrogen-bond donors (Lipinski definition) is 0. The number of nitrogens with zero attached hydrogens (tertiary/aromatic N) is 2. The van der Waals surface area contributed by atoms with E-state index in [1.807, 2.05) is 0 Å². The van der Waals surface area contributed by atoms with Crippen molar-refractivity contribution in [3.63, 3.8) is 0 Å². The van der Waals surface area contributed by atoms with Gasteiger partial charge in [0.1, 0.15) is 11.5 Å². The van der Waals surface area contributed by atoms with Gasteiger partial charge in [-0.2, -0.15) is 13.2 Å². The molecule has 0 unspecified atom stereocenters. The standard InChI is InChI=1S/C17H15ClF4N2O2/c1-10(4-12(25)5-11-6-14(19)16(18)24-7-11)15-3-2-13(8-23-15)26-9-17(20,21)22/h2-3,6-8,10H,4-5,9H2,1H3/t10-/m0/s1. The molecule has 0 fully saturated rings. The Morgan fingerprint density at radius 3 is 2.58 bits per heavy atom. The molecule has 0 saturated carbocycles. The SMILES string of the molecule is C[C@@H](CC(=O)Cc1cnc(Cl)c(F)c1)c1ccc(OCC(F)(F)F)cn1. The number of carbonyl (C=O) groups excluding carboxylic acids is 1. The highest BCUT2D eigenvalue weighted by atomic mass is 35.5. The lowest BCUT2D eigenvalue weighted by atomic mass is 9.97. The number of halogens is 5. The molecule has 0 saturated heterocycles. The van der Waals surface area contributed by atoms with Crippen LogP contribution in [-0.2, 0) is 11.2 Å². The monoisotopic (exact) mass is 390 g/mol. The van der Waals surface area contributed by atoms with Crippen LogP contribution in [0.4, 0.5) is 17.6 Å². The van der Waals surface area contributed by atoms with Gasteiger partial charge in [0.2, 0.25) is 0 Å². The smallest absolute Gasteiger partial charge is 0.422 e. The number of pyridine rings is 2. The molecule has 0 radical (unpaired) electrons. The van der Waals surface area contributed by atoms with Gasteiger partial charge < -0.3 is 4.74 Å². The summed E-state index contributed by atoms with van der Waals surface area (Å²) in [5.41, 5.74) is 0.950. The van der Waals surface area contributed by atoms with E-state index in [0.717, 1.165) is 6.07 Å². The van der Waals surface area contributed by atoms with E-state index >= 15 is 0 Å². The van der Waals surface area contributed by atoms with Crippen molar-refractivity contribution in [2.24, 2.45) is 0 Å². The molecular weight excluding hydrogens is 376 g/mol. The first-order valence-corrected chi connectivity index (χ1v) is 7.99.